The molecule has 68 valence electrons. The Morgan fingerprint density at radius 1 is 1.23 bits per heavy atom. The van der Waals surface area contributed by atoms with Crippen molar-refractivity contribution in [2.24, 2.45) is 4.99 Å². The molecular formula is C11H14N2. The van der Waals surface area contributed by atoms with E-state index in [1.54, 1.807) is 0 Å². The van der Waals surface area contributed by atoms with Gasteiger partial charge in [-0.15, -0.1) is 0 Å². The zero-order valence-corrected chi connectivity index (χ0v) is 7.99. The van der Waals surface area contributed by atoms with Gasteiger partial charge in [0, 0.05) is 29.6 Å². The zero-order chi connectivity index (χ0) is 9.68. The largest absolute Gasteiger partial charge is 0.308 e. The molecule has 1 rings (SSSR count). The molecule has 0 aliphatic heterocycles. The maximum absolute atomic E-state index is 7.18. The quantitative estimate of drug-likeness (QED) is 0.683. The minimum Gasteiger partial charge on any atom is -0.308 e. The molecule has 0 aliphatic rings. The van der Waals surface area contributed by atoms with Crippen molar-refractivity contribution in [2.75, 3.05) is 0 Å². The van der Waals surface area contributed by atoms with Gasteiger partial charge in [-0.1, -0.05) is 24.3 Å². The molecule has 1 N–H and O–H groups in total. The van der Waals surface area contributed by atoms with E-state index in [0.717, 1.165) is 11.1 Å². The van der Waals surface area contributed by atoms with E-state index in [4.69, 9.17) is 5.41 Å². The van der Waals surface area contributed by atoms with Crippen molar-refractivity contribution in [2.45, 2.75) is 19.9 Å². The molecule has 2 nitrogen and oxygen atoms in total. The molecule has 13 heavy (non-hydrogen) atoms. The third-order valence-electron chi connectivity index (χ3n) is 1.66. The van der Waals surface area contributed by atoms with Crippen LogP contribution in [0.5, 0.6) is 0 Å². The van der Waals surface area contributed by atoms with Crippen LogP contribution in [-0.2, 0) is 0 Å². The van der Waals surface area contributed by atoms with Crippen molar-refractivity contribution >= 4 is 12.4 Å². The van der Waals surface area contributed by atoms with Crippen LogP contribution in [-0.4, -0.2) is 18.5 Å². The lowest BCUT2D eigenvalue weighted by molar-refractivity contribution is 0.841. The molecule has 0 unspecified atom stereocenters. The summed E-state index contributed by atoms with van der Waals surface area (Å²) in [7, 11) is 0. The zero-order valence-electron chi connectivity index (χ0n) is 7.99. The summed E-state index contributed by atoms with van der Waals surface area (Å²) in [6, 6.07) is 8.06. The second-order valence-electron chi connectivity index (χ2n) is 3.15. The summed E-state index contributed by atoms with van der Waals surface area (Å²) in [6.45, 7) is 4.06. The van der Waals surface area contributed by atoms with Crippen LogP contribution < -0.4 is 0 Å². The Bertz CT molecular complexity index is 314. The van der Waals surface area contributed by atoms with Crippen molar-refractivity contribution in [3.63, 3.8) is 0 Å². The molecule has 0 aliphatic carbocycles. The minimum absolute atomic E-state index is 0.304. The van der Waals surface area contributed by atoms with Crippen molar-refractivity contribution in [3.05, 3.63) is 35.4 Å². The molecule has 0 heterocycles. The standard InChI is InChI=1S/C11H14N2/c1-9(2)13-8-11-6-4-3-5-10(11)7-12/h3-9,12H,1-2H3/b12-7?,13-8-. The molecular weight excluding hydrogens is 160 g/mol. The van der Waals surface area contributed by atoms with Crippen LogP contribution in [0, 0.1) is 5.41 Å². The molecule has 0 spiro atoms. The van der Waals surface area contributed by atoms with Gasteiger partial charge in [0.25, 0.3) is 0 Å². The molecule has 0 saturated heterocycles. The first kappa shape index (κ1) is 9.65. The highest BCUT2D eigenvalue weighted by Crippen LogP contribution is 2.03. The van der Waals surface area contributed by atoms with Gasteiger partial charge in [-0.3, -0.25) is 4.99 Å². The van der Waals surface area contributed by atoms with Gasteiger partial charge in [-0.2, -0.15) is 0 Å². The molecule has 1 aromatic rings. The van der Waals surface area contributed by atoms with E-state index < -0.39 is 0 Å². The molecule has 0 atom stereocenters. The van der Waals surface area contributed by atoms with E-state index in [1.807, 2.05) is 44.3 Å². The van der Waals surface area contributed by atoms with E-state index in [9.17, 15) is 0 Å². The number of benzene rings is 1. The van der Waals surface area contributed by atoms with E-state index in [2.05, 4.69) is 4.99 Å². The van der Waals surface area contributed by atoms with Crippen LogP contribution in [0.15, 0.2) is 29.3 Å². The fourth-order valence-electron chi connectivity index (χ4n) is 0.989. The Balaban J connectivity index is 2.93. The predicted molar refractivity (Wildman–Crippen MR) is 57.1 cm³/mol. The summed E-state index contributed by atoms with van der Waals surface area (Å²) in [6.07, 6.45) is 3.17. The molecule has 0 aromatic heterocycles. The van der Waals surface area contributed by atoms with Crippen molar-refractivity contribution in [3.8, 4) is 0 Å². The summed E-state index contributed by atoms with van der Waals surface area (Å²) >= 11 is 0. The Morgan fingerprint density at radius 2 is 1.85 bits per heavy atom. The van der Waals surface area contributed by atoms with E-state index in [1.165, 1.54) is 6.21 Å². The lowest BCUT2D eigenvalue weighted by atomic mass is 10.1. The van der Waals surface area contributed by atoms with E-state index in [-0.39, 0.29) is 0 Å². The van der Waals surface area contributed by atoms with Crippen LogP contribution in [0.3, 0.4) is 0 Å². The first-order chi connectivity index (χ1) is 6.24. The summed E-state index contributed by atoms with van der Waals surface area (Å²) < 4.78 is 0. The maximum Gasteiger partial charge on any atom is 0.0443 e. The Kier molecular flexibility index (Phi) is 3.38. The monoisotopic (exact) mass is 174 g/mol. The van der Waals surface area contributed by atoms with Crippen LogP contribution in [0.1, 0.15) is 25.0 Å². The fraction of sp³-hybridized carbons (Fsp3) is 0.273. The van der Waals surface area contributed by atoms with Gasteiger partial charge >= 0.3 is 0 Å². The highest BCUT2D eigenvalue weighted by atomic mass is 14.7. The van der Waals surface area contributed by atoms with Crippen LogP contribution >= 0.6 is 0 Å². The minimum atomic E-state index is 0.304. The van der Waals surface area contributed by atoms with Crippen molar-refractivity contribution < 1.29 is 0 Å². The first-order valence-electron chi connectivity index (χ1n) is 4.36. The van der Waals surface area contributed by atoms with Gasteiger partial charge in [0.15, 0.2) is 0 Å². The average Bonchev–Trinajstić information content (AvgIpc) is 2.15. The van der Waals surface area contributed by atoms with Gasteiger partial charge in [0.2, 0.25) is 0 Å². The SMILES string of the molecule is CC(C)/N=C\c1ccccc1C=N. The second-order valence-corrected chi connectivity index (χ2v) is 3.15. The summed E-state index contributed by atoms with van der Waals surface area (Å²) in [5.74, 6) is 0. The lowest BCUT2D eigenvalue weighted by Crippen LogP contribution is -1.94. The predicted octanol–water partition coefficient (Wildman–Crippen LogP) is 2.51. The summed E-state index contributed by atoms with van der Waals surface area (Å²) in [5.41, 5.74) is 1.91. The van der Waals surface area contributed by atoms with Crippen LogP contribution in [0.2, 0.25) is 0 Å². The van der Waals surface area contributed by atoms with Crippen LogP contribution in [0.4, 0.5) is 0 Å². The topological polar surface area (TPSA) is 36.2 Å². The lowest BCUT2D eigenvalue weighted by Gasteiger charge is -1.99. The summed E-state index contributed by atoms with van der Waals surface area (Å²) in [5, 5.41) is 7.18. The third-order valence-corrected chi connectivity index (χ3v) is 1.66. The normalized spacial score (nSPS) is 11.0. The molecule has 0 saturated carbocycles. The van der Waals surface area contributed by atoms with Crippen LogP contribution in [0.25, 0.3) is 0 Å². The van der Waals surface area contributed by atoms with E-state index in [0.29, 0.717) is 6.04 Å². The highest BCUT2D eigenvalue weighted by molar-refractivity contribution is 5.93. The Labute approximate surface area is 78.8 Å². The molecule has 0 amide bonds. The first-order valence-corrected chi connectivity index (χ1v) is 4.36. The molecule has 0 bridgehead atoms. The molecule has 1 aromatic carbocycles. The van der Waals surface area contributed by atoms with Gasteiger partial charge in [-0.25, -0.2) is 0 Å². The number of aliphatic imine (C=N–C) groups is 1. The Morgan fingerprint density at radius 3 is 2.38 bits per heavy atom. The fourth-order valence-corrected chi connectivity index (χ4v) is 0.989. The summed E-state index contributed by atoms with van der Waals surface area (Å²) in [4.78, 5) is 4.28. The van der Waals surface area contributed by atoms with Gasteiger partial charge in [0.1, 0.15) is 0 Å². The van der Waals surface area contributed by atoms with Gasteiger partial charge < -0.3 is 5.41 Å². The average molecular weight is 174 g/mol. The highest BCUT2D eigenvalue weighted by Gasteiger charge is 1.94. The van der Waals surface area contributed by atoms with E-state index >= 15 is 0 Å². The van der Waals surface area contributed by atoms with Crippen molar-refractivity contribution in [1.29, 1.82) is 5.41 Å². The second kappa shape index (κ2) is 4.55. The molecule has 0 radical (unpaired) electrons. The third kappa shape index (κ3) is 2.82. The molecule has 2 heteroatoms. The smallest absolute Gasteiger partial charge is 0.0443 e. The molecule has 0 fully saturated rings. The number of hydrogen-bond acceptors (Lipinski definition) is 2. The van der Waals surface area contributed by atoms with Gasteiger partial charge in [0.05, 0.1) is 0 Å². The number of nitrogens with one attached hydrogen (secondary N) is 1. The Hall–Kier alpha value is -1.44. The number of hydrogen-bond donors (Lipinski definition) is 1. The van der Waals surface area contributed by atoms with Gasteiger partial charge in [-0.05, 0) is 13.8 Å². The van der Waals surface area contributed by atoms with Crippen molar-refractivity contribution in [1.82, 2.24) is 0 Å². The maximum atomic E-state index is 7.18. The number of nitrogens with zero attached hydrogens (tertiary/aromatic N) is 1. The number of rotatable bonds is 3.